The number of rotatable bonds is 4. The largest absolute Gasteiger partial charge is 0.454 e. The third kappa shape index (κ3) is 3.76. The van der Waals surface area contributed by atoms with E-state index in [1.54, 1.807) is 0 Å². The Bertz CT molecular complexity index is 860. The van der Waals surface area contributed by atoms with Crippen molar-refractivity contribution >= 4 is 6.03 Å². The SMILES string of the molecule is Cc1cc(C)c(CNC(=O)N[C@@H](C)c2ccc3c(c2)OCO3)c(=O)[nH]1. The summed E-state index contributed by atoms with van der Waals surface area (Å²) < 4.78 is 10.6. The van der Waals surface area contributed by atoms with Crippen LogP contribution in [0, 0.1) is 13.8 Å². The maximum atomic E-state index is 12.1. The molecular formula is C18H21N3O4. The second kappa shape index (κ2) is 6.88. The Morgan fingerprint density at radius 2 is 2.00 bits per heavy atom. The number of carbonyl (C=O) groups excluding carboxylic acids is 1. The topological polar surface area (TPSA) is 92.4 Å². The average molecular weight is 343 g/mol. The number of ether oxygens (including phenoxy) is 2. The van der Waals surface area contributed by atoms with Crippen LogP contribution in [0.15, 0.2) is 29.1 Å². The number of aryl methyl sites for hydroxylation is 2. The maximum absolute atomic E-state index is 12.1. The molecule has 2 amide bonds. The number of carbonyl (C=O) groups is 1. The minimum atomic E-state index is -0.343. The first-order valence-corrected chi connectivity index (χ1v) is 8.07. The first-order chi connectivity index (χ1) is 11.9. The van der Waals surface area contributed by atoms with Gasteiger partial charge in [0, 0.05) is 11.3 Å². The number of hydrogen-bond donors (Lipinski definition) is 3. The minimum absolute atomic E-state index is 0.168. The summed E-state index contributed by atoms with van der Waals surface area (Å²) >= 11 is 0. The number of aromatic amines is 1. The Hall–Kier alpha value is -2.96. The normalized spacial score (nSPS) is 13.4. The third-order valence-electron chi connectivity index (χ3n) is 4.16. The van der Waals surface area contributed by atoms with Crippen LogP contribution in [-0.2, 0) is 6.54 Å². The van der Waals surface area contributed by atoms with Crippen LogP contribution in [0.5, 0.6) is 11.5 Å². The van der Waals surface area contributed by atoms with Gasteiger partial charge in [-0.2, -0.15) is 0 Å². The lowest BCUT2D eigenvalue weighted by Gasteiger charge is -2.16. The van der Waals surface area contributed by atoms with Gasteiger partial charge in [-0.05, 0) is 50.1 Å². The van der Waals surface area contributed by atoms with Gasteiger partial charge in [0.25, 0.3) is 5.56 Å². The average Bonchev–Trinajstić information content (AvgIpc) is 3.01. The van der Waals surface area contributed by atoms with Gasteiger partial charge in [0.2, 0.25) is 6.79 Å². The fourth-order valence-electron chi connectivity index (χ4n) is 2.78. The Morgan fingerprint density at radius 1 is 1.24 bits per heavy atom. The van der Waals surface area contributed by atoms with E-state index in [-0.39, 0.29) is 31.0 Å². The Kier molecular flexibility index (Phi) is 4.65. The van der Waals surface area contributed by atoms with Crippen LogP contribution >= 0.6 is 0 Å². The van der Waals surface area contributed by atoms with Gasteiger partial charge in [-0.1, -0.05) is 6.07 Å². The summed E-state index contributed by atoms with van der Waals surface area (Å²) in [6, 6.07) is 6.88. The zero-order valence-electron chi connectivity index (χ0n) is 14.4. The highest BCUT2D eigenvalue weighted by molar-refractivity contribution is 5.74. The molecule has 1 aliphatic heterocycles. The zero-order chi connectivity index (χ0) is 18.0. The molecule has 0 radical (unpaired) electrons. The van der Waals surface area contributed by atoms with Crippen LogP contribution < -0.4 is 25.7 Å². The summed E-state index contributed by atoms with van der Waals surface area (Å²) in [6.45, 7) is 5.94. The second-order valence-corrected chi connectivity index (χ2v) is 6.10. The van der Waals surface area contributed by atoms with Crippen molar-refractivity contribution < 1.29 is 14.3 Å². The lowest BCUT2D eigenvalue weighted by Crippen LogP contribution is -2.38. The van der Waals surface area contributed by atoms with Crippen molar-refractivity contribution in [3.05, 3.63) is 57.0 Å². The first kappa shape index (κ1) is 16.9. The molecule has 0 fully saturated rings. The molecule has 2 aromatic rings. The summed E-state index contributed by atoms with van der Waals surface area (Å²) in [6.07, 6.45) is 0. The van der Waals surface area contributed by atoms with Gasteiger partial charge < -0.3 is 25.1 Å². The number of amides is 2. The van der Waals surface area contributed by atoms with Crippen LogP contribution in [0.1, 0.15) is 35.3 Å². The van der Waals surface area contributed by atoms with E-state index < -0.39 is 0 Å². The standard InChI is InChI=1S/C18H21N3O4/c1-10-6-11(2)20-17(22)14(10)8-19-18(23)21-12(3)13-4-5-15-16(7-13)25-9-24-15/h4-7,12H,8-9H2,1-3H3,(H,20,22)(H2,19,21,23)/t12-/m0/s1. The Labute approximate surface area is 145 Å². The molecule has 2 heterocycles. The van der Waals surface area contributed by atoms with Crippen LogP contribution in [0.3, 0.4) is 0 Å². The molecule has 0 unspecified atom stereocenters. The maximum Gasteiger partial charge on any atom is 0.315 e. The number of pyridine rings is 1. The van der Waals surface area contributed by atoms with Crippen LogP contribution in [0.4, 0.5) is 4.79 Å². The number of benzene rings is 1. The number of urea groups is 1. The van der Waals surface area contributed by atoms with Gasteiger partial charge in [-0.3, -0.25) is 4.79 Å². The third-order valence-corrected chi connectivity index (χ3v) is 4.16. The number of aromatic nitrogens is 1. The number of hydrogen-bond acceptors (Lipinski definition) is 4. The molecule has 1 aliphatic rings. The Balaban J connectivity index is 1.60. The highest BCUT2D eigenvalue weighted by atomic mass is 16.7. The van der Waals surface area contributed by atoms with Crippen LogP contribution in [0.25, 0.3) is 0 Å². The van der Waals surface area contributed by atoms with Crippen molar-refractivity contribution in [2.45, 2.75) is 33.4 Å². The Morgan fingerprint density at radius 3 is 2.76 bits per heavy atom. The van der Waals surface area contributed by atoms with Gasteiger partial charge in [-0.15, -0.1) is 0 Å². The molecule has 0 spiro atoms. The lowest BCUT2D eigenvalue weighted by atomic mass is 10.1. The monoisotopic (exact) mass is 343 g/mol. The number of nitrogens with one attached hydrogen (secondary N) is 3. The molecule has 132 valence electrons. The molecule has 1 aromatic heterocycles. The van der Waals surface area contributed by atoms with Gasteiger partial charge >= 0.3 is 6.03 Å². The zero-order valence-corrected chi connectivity index (χ0v) is 14.4. The predicted molar refractivity (Wildman–Crippen MR) is 92.9 cm³/mol. The van der Waals surface area contributed by atoms with Crippen molar-refractivity contribution in [2.24, 2.45) is 0 Å². The summed E-state index contributed by atoms with van der Waals surface area (Å²) in [7, 11) is 0. The summed E-state index contributed by atoms with van der Waals surface area (Å²) in [5, 5.41) is 5.58. The van der Waals surface area contributed by atoms with Gasteiger partial charge in [-0.25, -0.2) is 4.79 Å². The lowest BCUT2D eigenvalue weighted by molar-refractivity contribution is 0.174. The fraction of sp³-hybridized carbons (Fsp3) is 0.333. The first-order valence-electron chi connectivity index (χ1n) is 8.07. The van der Waals surface area contributed by atoms with Gasteiger partial charge in [0.1, 0.15) is 0 Å². The van der Waals surface area contributed by atoms with Gasteiger partial charge in [0.05, 0.1) is 12.6 Å². The predicted octanol–water partition coefficient (Wildman–Crippen LogP) is 2.28. The van der Waals surface area contributed by atoms with E-state index >= 15 is 0 Å². The molecule has 0 saturated carbocycles. The fourth-order valence-corrected chi connectivity index (χ4v) is 2.78. The molecule has 7 heteroatoms. The molecule has 1 aromatic carbocycles. The van der Waals surface area contributed by atoms with E-state index in [1.165, 1.54) is 0 Å². The number of fused-ring (bicyclic) bond motifs is 1. The highest BCUT2D eigenvalue weighted by Crippen LogP contribution is 2.34. The molecule has 0 saturated heterocycles. The molecule has 7 nitrogen and oxygen atoms in total. The van der Waals surface area contributed by atoms with E-state index in [1.807, 2.05) is 45.0 Å². The molecule has 0 bridgehead atoms. The van der Waals surface area contributed by atoms with Crippen molar-refractivity contribution in [1.29, 1.82) is 0 Å². The van der Waals surface area contributed by atoms with Crippen molar-refractivity contribution in [3.63, 3.8) is 0 Å². The smallest absolute Gasteiger partial charge is 0.315 e. The van der Waals surface area contributed by atoms with E-state index in [4.69, 9.17) is 9.47 Å². The molecule has 0 aliphatic carbocycles. The summed E-state index contributed by atoms with van der Waals surface area (Å²) in [5.41, 5.74) is 2.93. The van der Waals surface area contributed by atoms with E-state index in [2.05, 4.69) is 15.6 Å². The second-order valence-electron chi connectivity index (χ2n) is 6.10. The molecule has 3 rings (SSSR count). The number of H-pyrrole nitrogens is 1. The van der Waals surface area contributed by atoms with E-state index in [0.29, 0.717) is 17.1 Å². The molecule has 25 heavy (non-hydrogen) atoms. The van der Waals surface area contributed by atoms with Gasteiger partial charge in [0.15, 0.2) is 11.5 Å². The summed E-state index contributed by atoms with van der Waals surface area (Å²) in [5.74, 6) is 1.38. The summed E-state index contributed by atoms with van der Waals surface area (Å²) in [4.78, 5) is 26.8. The molecule has 1 atom stereocenters. The van der Waals surface area contributed by atoms with Crippen molar-refractivity contribution in [2.75, 3.05) is 6.79 Å². The van der Waals surface area contributed by atoms with Crippen molar-refractivity contribution in [1.82, 2.24) is 15.6 Å². The molecular weight excluding hydrogens is 322 g/mol. The molecule has 3 N–H and O–H groups in total. The van der Waals surface area contributed by atoms with E-state index in [9.17, 15) is 9.59 Å². The highest BCUT2D eigenvalue weighted by Gasteiger charge is 2.17. The van der Waals surface area contributed by atoms with Crippen LogP contribution in [-0.4, -0.2) is 17.8 Å². The quantitative estimate of drug-likeness (QED) is 0.794. The minimum Gasteiger partial charge on any atom is -0.454 e. The van der Waals surface area contributed by atoms with Crippen molar-refractivity contribution in [3.8, 4) is 11.5 Å². The van der Waals surface area contributed by atoms with E-state index in [0.717, 1.165) is 16.8 Å². The van der Waals surface area contributed by atoms with Crippen LogP contribution in [0.2, 0.25) is 0 Å².